The highest BCUT2D eigenvalue weighted by Gasteiger charge is 2.09. The molecule has 0 unspecified atom stereocenters. The number of phenolic OH excluding ortho intramolecular Hbond substituents is 1. The first-order chi connectivity index (χ1) is 9.08. The molecule has 104 valence electrons. The summed E-state index contributed by atoms with van der Waals surface area (Å²) in [5, 5.41) is 15.1. The lowest BCUT2D eigenvalue weighted by Gasteiger charge is -2.11. The molecule has 0 bridgehead atoms. The van der Waals surface area contributed by atoms with Crippen molar-refractivity contribution in [1.29, 1.82) is 0 Å². The number of rotatable bonds is 6. The Labute approximate surface area is 120 Å². The van der Waals surface area contributed by atoms with Gasteiger partial charge in [-0.3, -0.25) is 9.59 Å². The molecular weight excluding hydrogens is 291 g/mol. The van der Waals surface area contributed by atoms with Gasteiger partial charge in [-0.15, -0.1) is 23.2 Å². The van der Waals surface area contributed by atoms with Crippen molar-refractivity contribution >= 4 is 35.0 Å². The van der Waals surface area contributed by atoms with Crippen molar-refractivity contribution in [2.45, 2.75) is 13.1 Å². The maximum Gasteiger partial charge on any atom is 0.235 e. The van der Waals surface area contributed by atoms with E-state index in [9.17, 15) is 14.7 Å². The van der Waals surface area contributed by atoms with E-state index in [1.807, 2.05) is 0 Å². The molecule has 0 aliphatic rings. The van der Waals surface area contributed by atoms with E-state index in [-0.39, 0.29) is 42.4 Å². The third-order valence-electron chi connectivity index (χ3n) is 2.40. The number of nitrogens with one attached hydrogen (secondary N) is 2. The summed E-state index contributed by atoms with van der Waals surface area (Å²) >= 11 is 10.7. The number of hydrogen-bond donors (Lipinski definition) is 3. The number of halogens is 2. The third-order valence-corrected chi connectivity index (χ3v) is 2.88. The van der Waals surface area contributed by atoms with Crippen molar-refractivity contribution in [1.82, 2.24) is 10.6 Å². The molecule has 0 radical (unpaired) electrons. The van der Waals surface area contributed by atoms with Crippen LogP contribution >= 0.6 is 23.2 Å². The lowest BCUT2D eigenvalue weighted by Crippen LogP contribution is -2.25. The number of phenols is 1. The average Bonchev–Trinajstić information content (AvgIpc) is 2.44. The Morgan fingerprint density at radius 1 is 1.00 bits per heavy atom. The number of amides is 2. The van der Waals surface area contributed by atoms with Crippen LogP contribution in [0, 0.1) is 0 Å². The highest BCUT2D eigenvalue weighted by atomic mass is 35.5. The fourth-order valence-corrected chi connectivity index (χ4v) is 1.60. The largest absolute Gasteiger partial charge is 0.507 e. The number of carbonyl (C=O) groups excluding carboxylic acids is 2. The molecule has 0 aromatic heterocycles. The van der Waals surface area contributed by atoms with Crippen molar-refractivity contribution < 1.29 is 14.7 Å². The van der Waals surface area contributed by atoms with Gasteiger partial charge in [0.15, 0.2) is 0 Å². The molecule has 2 amide bonds. The zero-order valence-corrected chi connectivity index (χ0v) is 11.6. The van der Waals surface area contributed by atoms with Gasteiger partial charge in [0, 0.05) is 24.2 Å². The van der Waals surface area contributed by atoms with Gasteiger partial charge in [0.25, 0.3) is 0 Å². The Balaban J connectivity index is 2.69. The molecule has 0 spiro atoms. The summed E-state index contributed by atoms with van der Waals surface area (Å²) in [7, 11) is 0. The maximum atomic E-state index is 11.0. The van der Waals surface area contributed by atoms with Gasteiger partial charge in [-0.2, -0.15) is 0 Å². The quantitative estimate of drug-likeness (QED) is 0.689. The van der Waals surface area contributed by atoms with Gasteiger partial charge >= 0.3 is 0 Å². The van der Waals surface area contributed by atoms with E-state index in [2.05, 4.69) is 10.6 Å². The first-order valence-corrected chi connectivity index (χ1v) is 6.60. The van der Waals surface area contributed by atoms with Gasteiger partial charge in [-0.05, 0) is 0 Å². The molecule has 0 fully saturated rings. The Morgan fingerprint density at radius 3 is 1.79 bits per heavy atom. The third kappa shape index (κ3) is 4.96. The van der Waals surface area contributed by atoms with Gasteiger partial charge in [0.05, 0.1) is 0 Å². The number of hydrogen-bond acceptors (Lipinski definition) is 3. The van der Waals surface area contributed by atoms with Crippen molar-refractivity contribution in [2.75, 3.05) is 11.8 Å². The fourth-order valence-electron chi connectivity index (χ4n) is 1.41. The number of para-hydroxylation sites is 1. The normalized spacial score (nSPS) is 10.0. The van der Waals surface area contributed by atoms with E-state index in [4.69, 9.17) is 23.2 Å². The van der Waals surface area contributed by atoms with E-state index in [0.29, 0.717) is 11.1 Å². The Morgan fingerprint density at radius 2 is 1.42 bits per heavy atom. The Bertz CT molecular complexity index is 428. The van der Waals surface area contributed by atoms with Crippen LogP contribution in [-0.2, 0) is 22.7 Å². The minimum Gasteiger partial charge on any atom is -0.507 e. The van der Waals surface area contributed by atoms with Crippen LogP contribution in [0.25, 0.3) is 0 Å². The van der Waals surface area contributed by atoms with E-state index in [1.165, 1.54) is 0 Å². The SMILES string of the molecule is O=C(CCl)NCc1cccc(CNC(=O)CCl)c1O. The second-order valence-electron chi connectivity index (χ2n) is 3.75. The summed E-state index contributed by atoms with van der Waals surface area (Å²) in [6.45, 7) is 0.351. The van der Waals surface area contributed by atoms with E-state index in [1.54, 1.807) is 18.2 Å². The Hall–Kier alpha value is -1.46. The summed E-state index contributed by atoms with van der Waals surface area (Å²) < 4.78 is 0. The van der Waals surface area contributed by atoms with Crippen LogP contribution in [0.5, 0.6) is 5.75 Å². The predicted octanol–water partition coefficient (Wildman–Crippen LogP) is 1.10. The van der Waals surface area contributed by atoms with Crippen molar-refractivity contribution in [2.24, 2.45) is 0 Å². The summed E-state index contributed by atoms with van der Waals surface area (Å²) in [6, 6.07) is 5.08. The minimum atomic E-state index is -0.318. The molecule has 1 aromatic rings. The molecule has 1 rings (SSSR count). The van der Waals surface area contributed by atoms with E-state index < -0.39 is 0 Å². The van der Waals surface area contributed by atoms with E-state index in [0.717, 1.165) is 0 Å². The summed E-state index contributed by atoms with van der Waals surface area (Å²) in [5.41, 5.74) is 1.10. The molecule has 0 heterocycles. The molecular formula is C12H14Cl2N2O3. The lowest BCUT2D eigenvalue weighted by molar-refractivity contribution is -0.119. The molecule has 1 aromatic carbocycles. The standard InChI is InChI=1S/C12H14Cl2N2O3/c13-4-10(17)15-6-8-2-1-3-9(12(8)19)7-16-11(18)5-14/h1-3,19H,4-7H2,(H,15,17)(H,16,18). The zero-order chi connectivity index (χ0) is 14.3. The predicted molar refractivity (Wildman–Crippen MR) is 73.2 cm³/mol. The molecule has 0 atom stereocenters. The minimum absolute atomic E-state index is 0.0345. The van der Waals surface area contributed by atoms with Crippen molar-refractivity contribution in [3.8, 4) is 5.75 Å². The van der Waals surface area contributed by atoms with E-state index >= 15 is 0 Å². The second-order valence-corrected chi connectivity index (χ2v) is 4.28. The summed E-state index contributed by atoms with van der Waals surface area (Å²) in [4.78, 5) is 22.1. The molecule has 0 aliphatic carbocycles. The number of benzene rings is 1. The molecule has 0 saturated heterocycles. The van der Waals surface area contributed by atoms with Gasteiger partial charge in [0.1, 0.15) is 17.5 Å². The summed E-state index contributed by atoms with van der Waals surface area (Å²) in [6.07, 6.45) is 0. The topological polar surface area (TPSA) is 78.4 Å². The molecule has 0 aliphatic heterocycles. The Kier molecular flexibility index (Phi) is 6.45. The maximum absolute atomic E-state index is 11.0. The lowest BCUT2D eigenvalue weighted by atomic mass is 10.1. The molecule has 5 nitrogen and oxygen atoms in total. The van der Waals surface area contributed by atoms with Crippen LogP contribution in [0.4, 0.5) is 0 Å². The number of carbonyl (C=O) groups is 2. The van der Waals surface area contributed by atoms with Crippen LogP contribution in [0.1, 0.15) is 11.1 Å². The second kappa shape index (κ2) is 7.86. The van der Waals surface area contributed by atoms with Crippen LogP contribution in [0.2, 0.25) is 0 Å². The van der Waals surface area contributed by atoms with Gasteiger partial charge in [-0.25, -0.2) is 0 Å². The highest BCUT2D eigenvalue weighted by Crippen LogP contribution is 2.22. The smallest absolute Gasteiger partial charge is 0.235 e. The van der Waals surface area contributed by atoms with Gasteiger partial charge < -0.3 is 15.7 Å². The zero-order valence-electron chi connectivity index (χ0n) is 10.1. The first kappa shape index (κ1) is 15.6. The molecule has 0 saturated carbocycles. The van der Waals surface area contributed by atoms with Crippen LogP contribution in [0.15, 0.2) is 18.2 Å². The average molecular weight is 305 g/mol. The van der Waals surface area contributed by atoms with Crippen LogP contribution < -0.4 is 10.6 Å². The van der Waals surface area contributed by atoms with Gasteiger partial charge in [0.2, 0.25) is 11.8 Å². The van der Waals surface area contributed by atoms with Gasteiger partial charge in [-0.1, -0.05) is 18.2 Å². The molecule has 3 N–H and O–H groups in total. The highest BCUT2D eigenvalue weighted by molar-refractivity contribution is 6.27. The van der Waals surface area contributed by atoms with Crippen molar-refractivity contribution in [3.05, 3.63) is 29.3 Å². The number of aromatic hydroxyl groups is 1. The van der Waals surface area contributed by atoms with Crippen LogP contribution in [0.3, 0.4) is 0 Å². The summed E-state index contributed by atoms with van der Waals surface area (Å²) in [5.74, 6) is -0.866. The molecule has 7 heteroatoms. The number of alkyl halides is 2. The van der Waals surface area contributed by atoms with Crippen LogP contribution in [-0.4, -0.2) is 28.7 Å². The monoisotopic (exact) mass is 304 g/mol. The fraction of sp³-hybridized carbons (Fsp3) is 0.333. The molecule has 19 heavy (non-hydrogen) atoms. The first-order valence-electron chi connectivity index (χ1n) is 5.53. The van der Waals surface area contributed by atoms with Crippen molar-refractivity contribution in [3.63, 3.8) is 0 Å².